The van der Waals surface area contributed by atoms with Crippen LogP contribution in [0.2, 0.25) is 5.02 Å². The van der Waals surface area contributed by atoms with Crippen molar-refractivity contribution in [3.8, 4) is 0 Å². The zero-order valence-electron chi connectivity index (χ0n) is 11.1. The van der Waals surface area contributed by atoms with Crippen molar-refractivity contribution in [2.75, 3.05) is 32.0 Å². The summed E-state index contributed by atoms with van der Waals surface area (Å²) >= 11 is 6.15. The van der Waals surface area contributed by atoms with Crippen molar-refractivity contribution in [3.63, 3.8) is 0 Å². The largest absolute Gasteiger partial charge is 0.383 e. The number of piperidine rings is 1. The van der Waals surface area contributed by atoms with Crippen LogP contribution >= 0.6 is 11.6 Å². The van der Waals surface area contributed by atoms with Gasteiger partial charge in [-0.15, -0.1) is 0 Å². The molecular formula is C14H20ClN3O. The molecule has 1 aromatic carbocycles. The molecule has 0 aromatic heterocycles. The summed E-state index contributed by atoms with van der Waals surface area (Å²) in [6.45, 7) is 3.03. The molecule has 1 saturated heterocycles. The molecule has 0 radical (unpaired) electrons. The quantitative estimate of drug-likeness (QED) is 0.792. The highest BCUT2D eigenvalue weighted by molar-refractivity contribution is 6.33. The SMILES string of the molecule is CNC(=O)c1ccc(Cl)c(NCC2CCCNC2)c1. The number of carbonyl (C=O) groups is 1. The molecule has 1 aromatic rings. The lowest BCUT2D eigenvalue weighted by Gasteiger charge is -2.23. The average molecular weight is 282 g/mol. The van der Waals surface area contributed by atoms with Crippen molar-refractivity contribution in [2.24, 2.45) is 5.92 Å². The van der Waals surface area contributed by atoms with Crippen molar-refractivity contribution >= 4 is 23.2 Å². The standard InChI is InChI=1S/C14H20ClN3O/c1-16-14(19)11-4-5-12(15)13(7-11)18-9-10-3-2-6-17-8-10/h4-5,7,10,17-18H,2-3,6,8-9H2,1H3,(H,16,19). The third kappa shape index (κ3) is 3.85. The summed E-state index contributed by atoms with van der Waals surface area (Å²) in [5.74, 6) is 0.521. The van der Waals surface area contributed by atoms with E-state index in [-0.39, 0.29) is 5.91 Å². The van der Waals surface area contributed by atoms with E-state index in [1.54, 1.807) is 25.2 Å². The van der Waals surface area contributed by atoms with E-state index >= 15 is 0 Å². The Bertz CT molecular complexity index is 444. The van der Waals surface area contributed by atoms with Crippen LogP contribution in [-0.4, -0.2) is 32.6 Å². The first kappa shape index (κ1) is 14.2. The van der Waals surface area contributed by atoms with Gasteiger partial charge in [0.2, 0.25) is 0 Å². The molecule has 1 unspecified atom stereocenters. The number of rotatable bonds is 4. The van der Waals surface area contributed by atoms with Crippen LogP contribution in [0.25, 0.3) is 0 Å². The van der Waals surface area contributed by atoms with Crippen molar-refractivity contribution in [1.29, 1.82) is 0 Å². The molecule has 0 bridgehead atoms. The van der Waals surface area contributed by atoms with Crippen molar-refractivity contribution in [1.82, 2.24) is 10.6 Å². The number of halogens is 1. The van der Waals surface area contributed by atoms with E-state index in [0.29, 0.717) is 16.5 Å². The van der Waals surface area contributed by atoms with Crippen LogP contribution in [0.4, 0.5) is 5.69 Å². The third-order valence-corrected chi connectivity index (χ3v) is 3.77. The molecular weight excluding hydrogens is 262 g/mol. The second-order valence-corrected chi connectivity index (χ2v) is 5.27. The normalized spacial score (nSPS) is 18.9. The molecule has 0 spiro atoms. The fourth-order valence-corrected chi connectivity index (χ4v) is 2.48. The highest BCUT2D eigenvalue weighted by atomic mass is 35.5. The maximum Gasteiger partial charge on any atom is 0.251 e. The maximum absolute atomic E-state index is 11.6. The van der Waals surface area contributed by atoms with Gasteiger partial charge >= 0.3 is 0 Å². The number of hydrogen-bond donors (Lipinski definition) is 3. The van der Waals surface area contributed by atoms with Gasteiger partial charge in [-0.2, -0.15) is 0 Å². The van der Waals surface area contributed by atoms with Gasteiger partial charge in [-0.3, -0.25) is 4.79 Å². The van der Waals surface area contributed by atoms with Gasteiger partial charge in [-0.05, 0) is 50.0 Å². The van der Waals surface area contributed by atoms with E-state index in [1.807, 2.05) is 0 Å². The maximum atomic E-state index is 11.6. The first-order valence-corrected chi connectivity index (χ1v) is 7.04. The summed E-state index contributed by atoms with van der Waals surface area (Å²) in [5, 5.41) is 10.0. The van der Waals surface area contributed by atoms with E-state index in [0.717, 1.165) is 25.3 Å². The minimum absolute atomic E-state index is 0.0981. The first-order valence-electron chi connectivity index (χ1n) is 6.67. The van der Waals surface area contributed by atoms with Crippen LogP contribution in [0.15, 0.2) is 18.2 Å². The van der Waals surface area contributed by atoms with Crippen molar-refractivity contribution in [3.05, 3.63) is 28.8 Å². The molecule has 104 valence electrons. The van der Waals surface area contributed by atoms with E-state index in [2.05, 4.69) is 16.0 Å². The van der Waals surface area contributed by atoms with Crippen LogP contribution in [0, 0.1) is 5.92 Å². The van der Waals surface area contributed by atoms with E-state index in [4.69, 9.17) is 11.6 Å². The molecule has 19 heavy (non-hydrogen) atoms. The molecule has 1 amide bonds. The van der Waals surface area contributed by atoms with Gasteiger partial charge in [0.05, 0.1) is 10.7 Å². The minimum Gasteiger partial charge on any atom is -0.383 e. The second kappa shape index (κ2) is 6.78. The Morgan fingerprint density at radius 2 is 2.37 bits per heavy atom. The number of amides is 1. The fraction of sp³-hybridized carbons (Fsp3) is 0.500. The molecule has 1 heterocycles. The third-order valence-electron chi connectivity index (χ3n) is 3.44. The summed E-state index contributed by atoms with van der Waals surface area (Å²) in [6.07, 6.45) is 2.45. The van der Waals surface area contributed by atoms with Gasteiger partial charge in [0.15, 0.2) is 0 Å². The van der Waals surface area contributed by atoms with Gasteiger partial charge in [0, 0.05) is 19.2 Å². The number of nitrogens with one attached hydrogen (secondary N) is 3. The van der Waals surface area contributed by atoms with E-state index in [1.165, 1.54) is 12.8 Å². The highest BCUT2D eigenvalue weighted by Gasteiger charge is 2.13. The van der Waals surface area contributed by atoms with Crippen LogP contribution in [0.5, 0.6) is 0 Å². The number of hydrogen-bond acceptors (Lipinski definition) is 3. The number of carbonyl (C=O) groups excluding carboxylic acids is 1. The molecule has 5 heteroatoms. The molecule has 4 nitrogen and oxygen atoms in total. The lowest BCUT2D eigenvalue weighted by Crippen LogP contribution is -2.33. The minimum atomic E-state index is -0.0981. The average Bonchev–Trinajstić information content (AvgIpc) is 2.46. The van der Waals surface area contributed by atoms with E-state index < -0.39 is 0 Å². The Hall–Kier alpha value is -1.26. The smallest absolute Gasteiger partial charge is 0.251 e. The highest BCUT2D eigenvalue weighted by Crippen LogP contribution is 2.24. The lowest BCUT2D eigenvalue weighted by atomic mass is 9.99. The molecule has 1 fully saturated rings. The van der Waals surface area contributed by atoms with Crippen molar-refractivity contribution in [2.45, 2.75) is 12.8 Å². The van der Waals surface area contributed by atoms with Gasteiger partial charge in [-0.25, -0.2) is 0 Å². The van der Waals surface area contributed by atoms with Gasteiger partial charge in [-0.1, -0.05) is 11.6 Å². The number of anilines is 1. The van der Waals surface area contributed by atoms with Crippen LogP contribution in [-0.2, 0) is 0 Å². The topological polar surface area (TPSA) is 53.2 Å². The van der Waals surface area contributed by atoms with Gasteiger partial charge < -0.3 is 16.0 Å². The molecule has 1 atom stereocenters. The molecule has 0 saturated carbocycles. The fourth-order valence-electron chi connectivity index (χ4n) is 2.30. The second-order valence-electron chi connectivity index (χ2n) is 4.87. The molecule has 3 N–H and O–H groups in total. The first-order chi connectivity index (χ1) is 9.20. The van der Waals surface area contributed by atoms with Crippen molar-refractivity contribution < 1.29 is 4.79 Å². The lowest BCUT2D eigenvalue weighted by molar-refractivity contribution is 0.0963. The zero-order chi connectivity index (χ0) is 13.7. The Kier molecular flexibility index (Phi) is 5.05. The zero-order valence-corrected chi connectivity index (χ0v) is 11.9. The molecule has 2 rings (SSSR count). The van der Waals surface area contributed by atoms with Gasteiger partial charge in [0.1, 0.15) is 0 Å². The monoisotopic (exact) mass is 281 g/mol. The Labute approximate surface area is 118 Å². The summed E-state index contributed by atoms with van der Waals surface area (Å²) in [6, 6.07) is 5.29. The predicted molar refractivity (Wildman–Crippen MR) is 78.9 cm³/mol. The van der Waals surface area contributed by atoms with Crippen LogP contribution < -0.4 is 16.0 Å². The molecule has 1 aliphatic heterocycles. The van der Waals surface area contributed by atoms with E-state index in [9.17, 15) is 4.79 Å². The Morgan fingerprint density at radius 1 is 1.53 bits per heavy atom. The van der Waals surface area contributed by atoms with Gasteiger partial charge in [0.25, 0.3) is 5.91 Å². The summed E-state index contributed by atoms with van der Waals surface area (Å²) in [5.41, 5.74) is 1.45. The van der Waals surface area contributed by atoms with Crippen LogP contribution in [0.1, 0.15) is 23.2 Å². The predicted octanol–water partition coefficient (Wildman–Crippen LogP) is 2.11. The molecule has 1 aliphatic rings. The summed E-state index contributed by atoms with van der Waals surface area (Å²) in [7, 11) is 1.62. The van der Waals surface area contributed by atoms with Crippen LogP contribution in [0.3, 0.4) is 0 Å². The summed E-state index contributed by atoms with van der Waals surface area (Å²) in [4.78, 5) is 11.6. The Morgan fingerprint density at radius 3 is 3.05 bits per heavy atom. The number of benzene rings is 1. The molecule has 0 aliphatic carbocycles. The Balaban J connectivity index is 2.00. The summed E-state index contributed by atoms with van der Waals surface area (Å²) < 4.78 is 0.